The van der Waals surface area contributed by atoms with E-state index in [4.69, 9.17) is 0 Å². The highest BCUT2D eigenvalue weighted by Crippen LogP contribution is 2.16. The van der Waals surface area contributed by atoms with Crippen LogP contribution in [0.1, 0.15) is 284 Å². The first-order valence-corrected chi connectivity index (χ1v) is 25.8. The van der Waals surface area contributed by atoms with Gasteiger partial charge in [0.1, 0.15) is 0 Å². The Morgan fingerprint density at radius 1 is 0.304 bits per heavy atom. The Morgan fingerprint density at radius 3 is 0.714 bits per heavy atom. The van der Waals surface area contributed by atoms with Gasteiger partial charge in [-0.05, 0) is 45.8 Å². The first kappa shape index (κ1) is 54.9. The fourth-order valence-corrected chi connectivity index (χ4v) is 8.17. The van der Waals surface area contributed by atoms with E-state index in [1.807, 2.05) is 0 Å². The fourth-order valence-electron chi connectivity index (χ4n) is 8.17. The van der Waals surface area contributed by atoms with E-state index >= 15 is 0 Å². The lowest BCUT2D eigenvalue weighted by Gasteiger charge is -2.16. The summed E-state index contributed by atoms with van der Waals surface area (Å²) in [4.78, 5) is 26.8. The molecule has 0 rings (SSSR count). The van der Waals surface area contributed by atoms with Crippen LogP contribution in [0.4, 0.5) is 0 Å². The molecule has 0 aromatic carbocycles. The van der Waals surface area contributed by atoms with Crippen molar-refractivity contribution in [1.29, 1.82) is 0 Å². The van der Waals surface area contributed by atoms with E-state index in [2.05, 4.69) is 36.4 Å². The quantitative estimate of drug-likeness (QED) is 0.0604. The van der Waals surface area contributed by atoms with E-state index in [1.165, 1.54) is 231 Å². The zero-order chi connectivity index (χ0) is 40.7. The van der Waals surface area contributed by atoms with E-state index in [9.17, 15) is 9.59 Å². The summed E-state index contributed by atoms with van der Waals surface area (Å²) in [6.07, 6.45) is 55.7. The number of rotatable bonds is 48. The highest BCUT2D eigenvalue weighted by atomic mass is 16.2. The van der Waals surface area contributed by atoms with E-state index in [-0.39, 0.29) is 11.8 Å². The standard InChI is InChI=1S/C51H103N3O2/c1-4-6-8-10-12-14-16-18-20-22-24-26-28-30-32-34-36-38-40-44-50(55)52-46-42-48-54(3)49-43-47-53-51(56)45-41-39-37-35-33-31-29-27-25-23-21-19-17-15-13-11-9-7-5-2/h4-49H2,1-3H3,(H,52,55)(H,53,56). The lowest BCUT2D eigenvalue weighted by Crippen LogP contribution is -2.30. The maximum Gasteiger partial charge on any atom is 0.219 e. The monoisotopic (exact) mass is 790 g/mol. The predicted molar refractivity (Wildman–Crippen MR) is 249 cm³/mol. The Balaban J connectivity index is 3.32. The van der Waals surface area contributed by atoms with Crippen molar-refractivity contribution in [2.45, 2.75) is 284 Å². The summed E-state index contributed by atoms with van der Waals surface area (Å²) in [5, 5.41) is 6.23. The van der Waals surface area contributed by atoms with Crippen LogP contribution in [0.15, 0.2) is 0 Å². The molecular weight excluding hydrogens is 687 g/mol. The summed E-state index contributed by atoms with van der Waals surface area (Å²) in [6.45, 7) is 8.07. The molecular formula is C51H103N3O2. The molecule has 0 aromatic heterocycles. The van der Waals surface area contributed by atoms with Crippen LogP contribution in [0.25, 0.3) is 0 Å². The van der Waals surface area contributed by atoms with Crippen LogP contribution in [0.5, 0.6) is 0 Å². The number of carbonyl (C=O) groups excluding carboxylic acids is 2. The van der Waals surface area contributed by atoms with Gasteiger partial charge in [0.05, 0.1) is 0 Å². The van der Waals surface area contributed by atoms with E-state index < -0.39 is 0 Å². The van der Waals surface area contributed by atoms with Gasteiger partial charge in [-0.15, -0.1) is 0 Å². The number of nitrogens with one attached hydrogen (secondary N) is 2. The summed E-state index contributed by atoms with van der Waals surface area (Å²) >= 11 is 0. The van der Waals surface area contributed by atoms with Gasteiger partial charge in [-0.25, -0.2) is 0 Å². The van der Waals surface area contributed by atoms with Crippen LogP contribution in [-0.4, -0.2) is 49.9 Å². The van der Waals surface area contributed by atoms with Crippen LogP contribution in [0, 0.1) is 0 Å². The predicted octanol–water partition coefficient (Wildman–Crippen LogP) is 15.6. The largest absolute Gasteiger partial charge is 0.356 e. The molecule has 0 aliphatic rings. The molecule has 334 valence electrons. The van der Waals surface area contributed by atoms with Crippen molar-refractivity contribution in [1.82, 2.24) is 15.5 Å². The van der Waals surface area contributed by atoms with Gasteiger partial charge in [0.25, 0.3) is 0 Å². The lowest BCUT2D eigenvalue weighted by molar-refractivity contribution is -0.122. The molecule has 0 aromatic rings. The van der Waals surface area contributed by atoms with Gasteiger partial charge in [-0.3, -0.25) is 9.59 Å². The zero-order valence-electron chi connectivity index (χ0n) is 38.8. The van der Waals surface area contributed by atoms with E-state index in [1.54, 1.807) is 0 Å². The maximum absolute atomic E-state index is 12.2. The van der Waals surface area contributed by atoms with E-state index in [0.717, 1.165) is 51.9 Å². The summed E-state index contributed by atoms with van der Waals surface area (Å²) in [7, 11) is 2.14. The molecule has 0 aliphatic heterocycles. The summed E-state index contributed by atoms with van der Waals surface area (Å²) in [6, 6.07) is 0. The maximum atomic E-state index is 12.2. The number of unbranched alkanes of at least 4 members (excludes halogenated alkanes) is 36. The fraction of sp³-hybridized carbons (Fsp3) is 0.961. The summed E-state index contributed by atoms with van der Waals surface area (Å²) in [5.74, 6) is 0.430. The highest BCUT2D eigenvalue weighted by molar-refractivity contribution is 5.76. The molecule has 0 radical (unpaired) electrons. The summed E-state index contributed by atoms with van der Waals surface area (Å²) in [5.41, 5.74) is 0. The Kier molecular flexibility index (Phi) is 47.3. The number of amides is 2. The molecule has 2 amide bonds. The third-order valence-corrected chi connectivity index (χ3v) is 12.1. The molecule has 2 N–H and O–H groups in total. The lowest BCUT2D eigenvalue weighted by atomic mass is 10.0. The molecule has 56 heavy (non-hydrogen) atoms. The van der Waals surface area contributed by atoms with E-state index in [0.29, 0.717) is 12.8 Å². The molecule has 0 spiro atoms. The Hall–Kier alpha value is -1.10. The summed E-state index contributed by atoms with van der Waals surface area (Å²) < 4.78 is 0. The Morgan fingerprint density at radius 2 is 0.500 bits per heavy atom. The van der Waals surface area contributed by atoms with Crippen molar-refractivity contribution in [2.24, 2.45) is 0 Å². The zero-order valence-corrected chi connectivity index (χ0v) is 38.8. The molecule has 0 bridgehead atoms. The third kappa shape index (κ3) is 47.3. The number of hydrogen-bond acceptors (Lipinski definition) is 3. The SMILES string of the molecule is CCCCCCCCCCCCCCCCCCCCCC(=O)NCCCN(C)CCCNC(=O)CCCCCCCCCCCCCCCCCCCCC. The number of hydrogen-bond donors (Lipinski definition) is 2. The van der Waals surface area contributed by atoms with Gasteiger partial charge in [0, 0.05) is 25.9 Å². The van der Waals surface area contributed by atoms with Crippen LogP contribution < -0.4 is 10.6 Å². The molecule has 0 atom stereocenters. The highest BCUT2D eigenvalue weighted by Gasteiger charge is 2.05. The Labute approximate surface area is 352 Å². The van der Waals surface area contributed by atoms with Gasteiger partial charge in [-0.2, -0.15) is 0 Å². The van der Waals surface area contributed by atoms with Gasteiger partial charge in [0.15, 0.2) is 0 Å². The van der Waals surface area contributed by atoms with Crippen LogP contribution in [0.2, 0.25) is 0 Å². The van der Waals surface area contributed by atoms with Crippen LogP contribution in [0.3, 0.4) is 0 Å². The molecule has 5 nitrogen and oxygen atoms in total. The minimum Gasteiger partial charge on any atom is -0.356 e. The molecule has 0 aliphatic carbocycles. The van der Waals surface area contributed by atoms with Gasteiger partial charge in [0.2, 0.25) is 11.8 Å². The average Bonchev–Trinajstić information content (AvgIpc) is 3.20. The molecule has 0 unspecified atom stereocenters. The number of carbonyl (C=O) groups is 2. The van der Waals surface area contributed by atoms with Crippen molar-refractivity contribution in [3.8, 4) is 0 Å². The van der Waals surface area contributed by atoms with Gasteiger partial charge in [-0.1, -0.05) is 245 Å². The molecule has 0 saturated heterocycles. The van der Waals surface area contributed by atoms with Crippen molar-refractivity contribution < 1.29 is 9.59 Å². The third-order valence-electron chi connectivity index (χ3n) is 12.1. The molecule has 0 saturated carbocycles. The second-order valence-corrected chi connectivity index (χ2v) is 17.9. The van der Waals surface area contributed by atoms with Crippen molar-refractivity contribution in [3.05, 3.63) is 0 Å². The topological polar surface area (TPSA) is 61.4 Å². The van der Waals surface area contributed by atoms with Crippen molar-refractivity contribution >= 4 is 11.8 Å². The van der Waals surface area contributed by atoms with Gasteiger partial charge < -0.3 is 15.5 Å². The minimum atomic E-state index is 0.215. The first-order chi connectivity index (χ1) is 27.6. The molecule has 5 heteroatoms. The normalized spacial score (nSPS) is 11.5. The van der Waals surface area contributed by atoms with Crippen molar-refractivity contribution in [3.63, 3.8) is 0 Å². The van der Waals surface area contributed by atoms with Gasteiger partial charge >= 0.3 is 0 Å². The van der Waals surface area contributed by atoms with Crippen molar-refractivity contribution in [2.75, 3.05) is 33.2 Å². The van der Waals surface area contributed by atoms with Crippen LogP contribution >= 0.6 is 0 Å². The average molecular weight is 790 g/mol. The molecule has 0 heterocycles. The second-order valence-electron chi connectivity index (χ2n) is 17.9. The Bertz CT molecular complexity index is 712. The molecule has 0 fully saturated rings. The smallest absolute Gasteiger partial charge is 0.219 e. The van der Waals surface area contributed by atoms with Crippen LogP contribution in [-0.2, 0) is 9.59 Å². The first-order valence-electron chi connectivity index (χ1n) is 25.8. The number of nitrogens with zero attached hydrogens (tertiary/aromatic N) is 1. The second kappa shape index (κ2) is 48.3. The minimum absolute atomic E-state index is 0.215.